The zero-order chi connectivity index (χ0) is 9.68. The molecule has 0 saturated heterocycles. The summed E-state index contributed by atoms with van der Waals surface area (Å²) in [6, 6.07) is 7.16. The maximum Gasteiger partial charge on any atom is 0.115 e. The van der Waals surface area contributed by atoms with Gasteiger partial charge in [0.2, 0.25) is 0 Å². The molecule has 0 saturated carbocycles. The van der Waals surface area contributed by atoms with Gasteiger partial charge in [-0.2, -0.15) is 0 Å². The van der Waals surface area contributed by atoms with E-state index in [-0.39, 0.29) is 18.4 Å². The van der Waals surface area contributed by atoms with Gasteiger partial charge >= 0.3 is 0 Å². The average Bonchev–Trinajstić information content (AvgIpc) is 2.16. The van der Waals surface area contributed by atoms with Crippen LogP contribution >= 0.6 is 0 Å². The van der Waals surface area contributed by atoms with Crippen molar-refractivity contribution in [3.05, 3.63) is 29.8 Å². The Morgan fingerprint density at radius 2 is 1.92 bits per heavy atom. The molecule has 0 bridgehead atoms. The van der Waals surface area contributed by atoms with Gasteiger partial charge in [-0.1, -0.05) is 12.1 Å². The summed E-state index contributed by atoms with van der Waals surface area (Å²) in [7, 11) is 1.85. The lowest BCUT2D eigenvalue weighted by Crippen LogP contribution is -2.17. The van der Waals surface area contributed by atoms with E-state index in [0.717, 1.165) is 5.56 Å². The first kappa shape index (κ1) is 10.0. The number of rotatable bonds is 4. The van der Waals surface area contributed by atoms with Crippen molar-refractivity contribution in [2.24, 2.45) is 0 Å². The van der Waals surface area contributed by atoms with Gasteiger partial charge in [0.05, 0.1) is 0 Å². The lowest BCUT2D eigenvalue weighted by atomic mass is 10.0. The van der Waals surface area contributed by atoms with E-state index in [0.29, 0.717) is 6.42 Å². The summed E-state index contributed by atoms with van der Waals surface area (Å²) in [4.78, 5) is 0. The van der Waals surface area contributed by atoms with Crippen molar-refractivity contribution in [3.8, 4) is 5.75 Å². The van der Waals surface area contributed by atoms with Gasteiger partial charge < -0.3 is 15.5 Å². The van der Waals surface area contributed by atoms with Crippen molar-refractivity contribution >= 4 is 0 Å². The Kier molecular flexibility index (Phi) is 3.73. The lowest BCUT2D eigenvalue weighted by molar-refractivity contribution is 0.269. The maximum atomic E-state index is 9.07. The number of aliphatic hydroxyl groups excluding tert-OH is 1. The maximum absolute atomic E-state index is 9.07. The Hall–Kier alpha value is -1.06. The van der Waals surface area contributed by atoms with Gasteiger partial charge in [-0.05, 0) is 31.2 Å². The molecule has 72 valence electrons. The number of phenolic OH excluding ortho intramolecular Hbond substituents is 1. The fourth-order valence-corrected chi connectivity index (χ4v) is 1.31. The highest BCUT2D eigenvalue weighted by molar-refractivity contribution is 5.27. The number of aromatic hydroxyl groups is 1. The summed E-state index contributed by atoms with van der Waals surface area (Å²) in [5.74, 6) is 0.266. The third kappa shape index (κ3) is 2.72. The van der Waals surface area contributed by atoms with Gasteiger partial charge in [0.25, 0.3) is 0 Å². The molecule has 13 heavy (non-hydrogen) atoms. The molecule has 0 aliphatic carbocycles. The van der Waals surface area contributed by atoms with Gasteiger partial charge in [-0.25, -0.2) is 0 Å². The Morgan fingerprint density at radius 3 is 2.38 bits per heavy atom. The smallest absolute Gasteiger partial charge is 0.115 e. The number of hydrogen-bond donors (Lipinski definition) is 3. The first-order chi connectivity index (χ1) is 6.27. The zero-order valence-electron chi connectivity index (χ0n) is 7.70. The standard InChI is InChI=1S/C10H15NO2/c1-11-10(6-7-12)8-2-4-9(13)5-3-8/h2-5,10-13H,6-7H2,1H3. The topological polar surface area (TPSA) is 52.5 Å². The van der Waals surface area contributed by atoms with E-state index < -0.39 is 0 Å². The quantitative estimate of drug-likeness (QED) is 0.650. The Balaban J connectivity index is 2.73. The summed E-state index contributed by atoms with van der Waals surface area (Å²) < 4.78 is 0. The molecule has 0 amide bonds. The first-order valence-electron chi connectivity index (χ1n) is 4.35. The van der Waals surface area contributed by atoms with E-state index in [1.165, 1.54) is 0 Å². The number of phenols is 1. The van der Waals surface area contributed by atoms with Gasteiger partial charge in [-0.15, -0.1) is 0 Å². The lowest BCUT2D eigenvalue weighted by Gasteiger charge is -2.14. The van der Waals surface area contributed by atoms with E-state index in [4.69, 9.17) is 10.2 Å². The van der Waals surface area contributed by atoms with Crippen LogP contribution in [0.25, 0.3) is 0 Å². The minimum Gasteiger partial charge on any atom is -0.508 e. The second kappa shape index (κ2) is 4.84. The minimum atomic E-state index is 0.158. The second-order valence-electron chi connectivity index (χ2n) is 2.95. The highest BCUT2D eigenvalue weighted by Crippen LogP contribution is 2.18. The van der Waals surface area contributed by atoms with Crippen LogP contribution in [0.4, 0.5) is 0 Å². The summed E-state index contributed by atoms with van der Waals surface area (Å²) in [6.45, 7) is 0.159. The highest BCUT2D eigenvalue weighted by Gasteiger charge is 2.07. The normalized spacial score (nSPS) is 12.8. The van der Waals surface area contributed by atoms with Crippen molar-refractivity contribution < 1.29 is 10.2 Å². The monoisotopic (exact) mass is 181 g/mol. The molecule has 1 rings (SSSR count). The molecule has 0 spiro atoms. The third-order valence-corrected chi connectivity index (χ3v) is 2.06. The third-order valence-electron chi connectivity index (χ3n) is 2.06. The molecule has 1 atom stereocenters. The Morgan fingerprint density at radius 1 is 1.31 bits per heavy atom. The molecular formula is C10H15NO2. The van der Waals surface area contributed by atoms with Crippen LogP contribution in [0.5, 0.6) is 5.75 Å². The van der Waals surface area contributed by atoms with Gasteiger partial charge in [0.15, 0.2) is 0 Å². The molecule has 0 aliphatic rings. The van der Waals surface area contributed by atoms with Crippen LogP contribution in [-0.2, 0) is 0 Å². The molecule has 3 nitrogen and oxygen atoms in total. The molecule has 1 aromatic carbocycles. The molecule has 0 fully saturated rings. The van der Waals surface area contributed by atoms with Crippen LogP contribution in [0.1, 0.15) is 18.0 Å². The molecular weight excluding hydrogens is 166 g/mol. The molecule has 3 N–H and O–H groups in total. The van der Waals surface area contributed by atoms with E-state index in [1.807, 2.05) is 19.2 Å². The van der Waals surface area contributed by atoms with E-state index >= 15 is 0 Å². The number of nitrogens with one attached hydrogen (secondary N) is 1. The number of hydrogen-bond acceptors (Lipinski definition) is 3. The SMILES string of the molecule is CNC(CCO)c1ccc(O)cc1. The van der Waals surface area contributed by atoms with Crippen LogP contribution in [-0.4, -0.2) is 23.9 Å². The van der Waals surface area contributed by atoms with Crippen molar-refractivity contribution in [2.75, 3.05) is 13.7 Å². The van der Waals surface area contributed by atoms with Crippen molar-refractivity contribution in [2.45, 2.75) is 12.5 Å². The summed E-state index contributed by atoms with van der Waals surface area (Å²) in [5, 5.41) is 21.0. The second-order valence-corrected chi connectivity index (χ2v) is 2.95. The number of benzene rings is 1. The van der Waals surface area contributed by atoms with Crippen LogP contribution in [0.15, 0.2) is 24.3 Å². The summed E-state index contributed by atoms with van der Waals surface area (Å²) in [6.07, 6.45) is 0.682. The van der Waals surface area contributed by atoms with Crippen LogP contribution in [0.2, 0.25) is 0 Å². The molecule has 1 unspecified atom stereocenters. The minimum absolute atomic E-state index is 0.158. The molecule has 0 aliphatic heterocycles. The van der Waals surface area contributed by atoms with Gasteiger partial charge in [-0.3, -0.25) is 0 Å². The van der Waals surface area contributed by atoms with Crippen molar-refractivity contribution in [3.63, 3.8) is 0 Å². The Bertz CT molecular complexity index is 246. The van der Waals surface area contributed by atoms with E-state index in [9.17, 15) is 0 Å². The predicted octanol–water partition coefficient (Wildman–Crippen LogP) is 1.04. The van der Waals surface area contributed by atoms with Crippen molar-refractivity contribution in [1.29, 1.82) is 0 Å². The summed E-state index contributed by atoms with van der Waals surface area (Å²) in [5.41, 5.74) is 1.08. The molecule has 0 aromatic heterocycles. The van der Waals surface area contributed by atoms with E-state index in [2.05, 4.69) is 5.32 Å². The van der Waals surface area contributed by atoms with Crippen LogP contribution in [0.3, 0.4) is 0 Å². The van der Waals surface area contributed by atoms with Gasteiger partial charge in [0.1, 0.15) is 5.75 Å². The van der Waals surface area contributed by atoms with Crippen molar-refractivity contribution in [1.82, 2.24) is 5.32 Å². The predicted molar refractivity (Wildman–Crippen MR) is 51.6 cm³/mol. The molecule has 0 heterocycles. The fraction of sp³-hybridized carbons (Fsp3) is 0.400. The van der Waals surface area contributed by atoms with Crippen LogP contribution in [0, 0.1) is 0 Å². The van der Waals surface area contributed by atoms with Crippen LogP contribution < -0.4 is 5.32 Å². The molecule has 3 heteroatoms. The first-order valence-corrected chi connectivity index (χ1v) is 4.35. The van der Waals surface area contributed by atoms with E-state index in [1.54, 1.807) is 12.1 Å². The Labute approximate surface area is 78.0 Å². The largest absolute Gasteiger partial charge is 0.508 e. The molecule has 0 radical (unpaired) electrons. The summed E-state index contributed by atoms with van der Waals surface area (Å²) >= 11 is 0. The fourth-order valence-electron chi connectivity index (χ4n) is 1.31. The number of aliphatic hydroxyl groups is 1. The zero-order valence-corrected chi connectivity index (χ0v) is 7.70. The van der Waals surface area contributed by atoms with Gasteiger partial charge in [0, 0.05) is 12.6 Å². The molecule has 1 aromatic rings. The average molecular weight is 181 g/mol. The highest BCUT2D eigenvalue weighted by atomic mass is 16.3.